The number of hydrogen-bond donors (Lipinski definition) is 2. The van der Waals surface area contributed by atoms with Gasteiger partial charge in [-0.25, -0.2) is 0 Å². The zero-order chi connectivity index (χ0) is 7.40. The summed E-state index contributed by atoms with van der Waals surface area (Å²) < 4.78 is 0. The Hall–Kier alpha value is -1.58. The number of rotatable bonds is 1. The Kier molecular flexibility index (Phi) is 1.84. The molecule has 0 aliphatic heterocycles. The first-order valence-electron chi connectivity index (χ1n) is 2.79. The van der Waals surface area contributed by atoms with Gasteiger partial charge in [-0.3, -0.25) is 0 Å². The highest BCUT2D eigenvalue weighted by molar-refractivity contribution is 5.47. The number of nitrogen functional groups attached to an aromatic ring is 1. The zero-order valence-electron chi connectivity index (χ0n) is 5.36. The molecule has 1 aromatic carbocycles. The number of nitrogens with zero attached hydrogens (tertiary/aromatic N) is 2. The van der Waals surface area contributed by atoms with Crippen LogP contribution < -0.4 is 11.6 Å². The lowest BCUT2D eigenvalue weighted by molar-refractivity contribution is 1.06. The van der Waals surface area contributed by atoms with Crippen LogP contribution in [0.2, 0.25) is 0 Å². The molecule has 0 aliphatic rings. The van der Waals surface area contributed by atoms with E-state index in [2.05, 4.69) is 10.3 Å². The van der Waals surface area contributed by atoms with Gasteiger partial charge in [0.1, 0.15) is 0 Å². The van der Waals surface area contributed by atoms with Crippen molar-refractivity contribution in [2.24, 2.45) is 16.2 Å². The molecule has 0 saturated heterocycles. The third-order valence-corrected chi connectivity index (χ3v) is 1.07. The normalized spacial score (nSPS) is 10.4. The van der Waals surface area contributed by atoms with Gasteiger partial charge in [-0.15, -0.1) is 5.11 Å². The molecule has 52 valence electrons. The average Bonchev–Trinajstić information content (AvgIpc) is 1.95. The Bertz CT molecular complexity index is 226. The molecule has 0 heterocycles. The van der Waals surface area contributed by atoms with Crippen molar-refractivity contribution in [2.75, 3.05) is 5.73 Å². The number of benzene rings is 1. The van der Waals surface area contributed by atoms with Crippen LogP contribution in [0.15, 0.2) is 34.6 Å². The summed E-state index contributed by atoms with van der Waals surface area (Å²) in [5, 5.41) is 6.71. The number of nitrogens with two attached hydrogens (primary N) is 2. The quantitative estimate of drug-likeness (QED) is 0.263. The molecule has 4 heteroatoms. The van der Waals surface area contributed by atoms with Crippen LogP contribution in [-0.4, -0.2) is 0 Å². The predicted octanol–water partition coefficient (Wildman–Crippen LogP) is 1.23. The molecule has 4 N–H and O–H groups in total. The lowest BCUT2D eigenvalue weighted by atomic mass is 10.3. The molecule has 0 atom stereocenters. The van der Waals surface area contributed by atoms with Crippen LogP contribution in [0, 0.1) is 0 Å². The fourth-order valence-corrected chi connectivity index (χ4v) is 0.608. The molecule has 0 fully saturated rings. The summed E-state index contributed by atoms with van der Waals surface area (Å²) in [7, 11) is 0. The van der Waals surface area contributed by atoms with Gasteiger partial charge in [0.2, 0.25) is 0 Å². The molecular formula is C6H8N4. The van der Waals surface area contributed by atoms with Crippen molar-refractivity contribution in [3.05, 3.63) is 24.3 Å². The Morgan fingerprint density at radius 1 is 1.10 bits per heavy atom. The molecule has 4 nitrogen and oxygen atoms in total. The summed E-state index contributed by atoms with van der Waals surface area (Å²) in [4.78, 5) is 0. The molecule has 10 heavy (non-hydrogen) atoms. The van der Waals surface area contributed by atoms with Gasteiger partial charge < -0.3 is 11.6 Å². The minimum atomic E-state index is 0.705. The standard InChI is InChI=1S/C6H8N4/c7-5-1-3-6(4-2-5)9-10-8/h1-4H,7H2,(H2,8,9). The van der Waals surface area contributed by atoms with Crippen molar-refractivity contribution in [1.29, 1.82) is 0 Å². The average molecular weight is 136 g/mol. The van der Waals surface area contributed by atoms with Crippen molar-refractivity contribution in [2.45, 2.75) is 0 Å². The Balaban J connectivity index is 2.89. The van der Waals surface area contributed by atoms with E-state index >= 15 is 0 Å². The van der Waals surface area contributed by atoms with E-state index in [4.69, 9.17) is 11.6 Å². The van der Waals surface area contributed by atoms with E-state index in [1.165, 1.54) is 0 Å². The van der Waals surface area contributed by atoms with Crippen LogP contribution in [0.25, 0.3) is 0 Å². The molecule has 0 saturated carbocycles. The molecule has 0 amide bonds. The summed E-state index contributed by atoms with van der Waals surface area (Å²) in [5.74, 6) is 4.83. The third kappa shape index (κ3) is 1.45. The first-order valence-corrected chi connectivity index (χ1v) is 2.79. The minimum Gasteiger partial charge on any atom is -0.399 e. The topological polar surface area (TPSA) is 76.8 Å². The maximum Gasteiger partial charge on any atom is 0.0875 e. The highest BCUT2D eigenvalue weighted by Gasteiger charge is 1.86. The molecule has 0 spiro atoms. The maximum atomic E-state index is 5.42. The van der Waals surface area contributed by atoms with Gasteiger partial charge in [0, 0.05) is 5.69 Å². The summed E-state index contributed by atoms with van der Waals surface area (Å²) in [6.45, 7) is 0. The van der Waals surface area contributed by atoms with Crippen molar-refractivity contribution < 1.29 is 0 Å². The molecule has 0 unspecified atom stereocenters. The van der Waals surface area contributed by atoms with Gasteiger partial charge in [0.25, 0.3) is 0 Å². The second-order valence-electron chi connectivity index (χ2n) is 1.81. The van der Waals surface area contributed by atoms with E-state index in [0.717, 1.165) is 0 Å². The largest absolute Gasteiger partial charge is 0.399 e. The molecule has 0 aliphatic carbocycles. The van der Waals surface area contributed by atoms with Crippen LogP contribution >= 0.6 is 0 Å². The lowest BCUT2D eigenvalue weighted by Gasteiger charge is -1.90. The zero-order valence-corrected chi connectivity index (χ0v) is 5.36. The van der Waals surface area contributed by atoms with Gasteiger partial charge in [0.05, 0.1) is 5.69 Å². The van der Waals surface area contributed by atoms with Gasteiger partial charge in [-0.1, -0.05) is 5.22 Å². The van der Waals surface area contributed by atoms with E-state index < -0.39 is 0 Å². The Morgan fingerprint density at radius 2 is 1.70 bits per heavy atom. The Morgan fingerprint density at radius 3 is 2.20 bits per heavy atom. The summed E-state index contributed by atoms with van der Waals surface area (Å²) in [6.07, 6.45) is 0. The minimum absolute atomic E-state index is 0.705. The lowest BCUT2D eigenvalue weighted by Crippen LogP contribution is -1.81. The van der Waals surface area contributed by atoms with Crippen LogP contribution in [-0.2, 0) is 0 Å². The van der Waals surface area contributed by atoms with Crippen LogP contribution in [0.3, 0.4) is 0 Å². The van der Waals surface area contributed by atoms with Gasteiger partial charge in [0.15, 0.2) is 0 Å². The first-order chi connectivity index (χ1) is 4.83. The highest BCUT2D eigenvalue weighted by atomic mass is 15.3. The summed E-state index contributed by atoms with van der Waals surface area (Å²) in [5.41, 5.74) is 6.83. The summed E-state index contributed by atoms with van der Waals surface area (Å²) in [6, 6.07) is 6.96. The van der Waals surface area contributed by atoms with Crippen molar-refractivity contribution in [3.8, 4) is 0 Å². The summed E-state index contributed by atoms with van der Waals surface area (Å²) >= 11 is 0. The molecule has 0 aromatic heterocycles. The predicted molar refractivity (Wildman–Crippen MR) is 39.6 cm³/mol. The van der Waals surface area contributed by atoms with Crippen LogP contribution in [0.5, 0.6) is 0 Å². The number of anilines is 1. The van der Waals surface area contributed by atoms with Gasteiger partial charge in [-0.05, 0) is 24.3 Å². The number of hydrogen-bond acceptors (Lipinski definition) is 3. The molecule has 0 bridgehead atoms. The van der Waals surface area contributed by atoms with Crippen LogP contribution in [0.1, 0.15) is 0 Å². The second kappa shape index (κ2) is 2.82. The van der Waals surface area contributed by atoms with E-state index in [0.29, 0.717) is 11.4 Å². The molecule has 0 radical (unpaired) electrons. The molecule has 1 rings (SSSR count). The third-order valence-electron chi connectivity index (χ3n) is 1.07. The molecule has 1 aromatic rings. The van der Waals surface area contributed by atoms with Crippen molar-refractivity contribution >= 4 is 11.4 Å². The smallest absolute Gasteiger partial charge is 0.0875 e. The van der Waals surface area contributed by atoms with Gasteiger partial charge >= 0.3 is 0 Å². The SMILES string of the molecule is NN=Nc1ccc(N)cc1. The van der Waals surface area contributed by atoms with Crippen molar-refractivity contribution in [3.63, 3.8) is 0 Å². The second-order valence-corrected chi connectivity index (χ2v) is 1.81. The van der Waals surface area contributed by atoms with E-state index in [9.17, 15) is 0 Å². The van der Waals surface area contributed by atoms with Crippen molar-refractivity contribution in [1.82, 2.24) is 0 Å². The fraction of sp³-hybridized carbons (Fsp3) is 0. The van der Waals surface area contributed by atoms with E-state index in [-0.39, 0.29) is 0 Å². The maximum absolute atomic E-state index is 5.42. The highest BCUT2D eigenvalue weighted by Crippen LogP contribution is 2.13. The Labute approximate surface area is 58.5 Å². The van der Waals surface area contributed by atoms with Crippen LogP contribution in [0.4, 0.5) is 11.4 Å². The first kappa shape index (κ1) is 6.54. The van der Waals surface area contributed by atoms with E-state index in [1.807, 2.05) is 0 Å². The fourth-order valence-electron chi connectivity index (χ4n) is 0.608. The van der Waals surface area contributed by atoms with Gasteiger partial charge in [-0.2, -0.15) is 0 Å². The molecular weight excluding hydrogens is 128 g/mol. The monoisotopic (exact) mass is 136 g/mol. The van der Waals surface area contributed by atoms with E-state index in [1.54, 1.807) is 24.3 Å².